The van der Waals surface area contributed by atoms with E-state index in [0.717, 1.165) is 49.0 Å². The summed E-state index contributed by atoms with van der Waals surface area (Å²) in [5, 5.41) is 13.9. The van der Waals surface area contributed by atoms with Crippen molar-refractivity contribution in [3.05, 3.63) is 77.2 Å². The van der Waals surface area contributed by atoms with E-state index >= 15 is 0 Å². The van der Waals surface area contributed by atoms with E-state index in [0.29, 0.717) is 46.0 Å². The zero-order valence-corrected chi connectivity index (χ0v) is 20.6. The van der Waals surface area contributed by atoms with Crippen LogP contribution in [-0.4, -0.2) is 44.7 Å². The maximum atomic E-state index is 13.0. The second-order valence-electron chi connectivity index (χ2n) is 9.16. The van der Waals surface area contributed by atoms with Crippen LogP contribution in [-0.2, 0) is 12.7 Å². The summed E-state index contributed by atoms with van der Waals surface area (Å²) in [6, 6.07) is 14.0. The lowest BCUT2D eigenvalue weighted by Gasteiger charge is -2.30. The number of aromatic nitrogens is 3. The first-order valence-corrected chi connectivity index (χ1v) is 12.4. The van der Waals surface area contributed by atoms with E-state index in [4.69, 9.17) is 21.6 Å². The van der Waals surface area contributed by atoms with Crippen LogP contribution >= 0.6 is 11.6 Å². The predicted octanol–water partition coefficient (Wildman–Crippen LogP) is 6.31. The Morgan fingerprint density at radius 3 is 2.46 bits per heavy atom. The lowest BCUT2D eigenvalue weighted by Crippen LogP contribution is -2.34. The molecule has 10 heteroatoms. The number of alkyl halides is 3. The van der Waals surface area contributed by atoms with Gasteiger partial charge in [0, 0.05) is 29.4 Å². The number of nitrogens with one attached hydrogen (secondary N) is 1. The van der Waals surface area contributed by atoms with Gasteiger partial charge in [0.15, 0.2) is 0 Å². The highest BCUT2D eigenvalue weighted by molar-refractivity contribution is 6.33. The zero-order chi connectivity index (χ0) is 26.0. The van der Waals surface area contributed by atoms with Crippen molar-refractivity contribution in [2.24, 2.45) is 5.92 Å². The van der Waals surface area contributed by atoms with Gasteiger partial charge in [0.2, 0.25) is 0 Å². The van der Waals surface area contributed by atoms with Gasteiger partial charge in [-0.3, -0.25) is 9.88 Å². The summed E-state index contributed by atoms with van der Waals surface area (Å²) in [4.78, 5) is 16.2. The van der Waals surface area contributed by atoms with Crippen molar-refractivity contribution in [2.75, 3.05) is 25.0 Å². The van der Waals surface area contributed by atoms with Crippen molar-refractivity contribution in [1.82, 2.24) is 19.9 Å². The van der Waals surface area contributed by atoms with Crippen molar-refractivity contribution in [1.29, 1.82) is 0 Å². The van der Waals surface area contributed by atoms with E-state index in [1.54, 1.807) is 18.3 Å². The number of piperidine rings is 1. The van der Waals surface area contributed by atoms with E-state index in [-0.39, 0.29) is 6.61 Å². The lowest BCUT2D eigenvalue weighted by molar-refractivity contribution is -0.137. The molecule has 0 bridgehead atoms. The van der Waals surface area contributed by atoms with Gasteiger partial charge in [-0.25, -0.2) is 9.97 Å². The first kappa shape index (κ1) is 25.4. The fourth-order valence-corrected chi connectivity index (χ4v) is 4.73. The molecule has 6 nitrogen and oxygen atoms in total. The molecule has 2 N–H and O–H groups in total. The number of pyridine rings is 1. The van der Waals surface area contributed by atoms with E-state index in [9.17, 15) is 18.3 Å². The standard InChI is InChI=1S/C27H25ClF3N5O/c28-22-2-1-11-32-25(22)18-3-8-21-23(14-18)34-24(15-36-12-9-17(16-37)10-13-36)35-26(21)33-20-6-4-19(5-7-20)27(29,30)31/h1-8,11,14,17,37H,9-10,12-13,15-16H2,(H,33,34,35). The van der Waals surface area contributed by atoms with Crippen LogP contribution in [0.5, 0.6) is 0 Å². The Morgan fingerprint density at radius 2 is 1.78 bits per heavy atom. The highest BCUT2D eigenvalue weighted by Gasteiger charge is 2.30. The minimum absolute atomic E-state index is 0.195. The summed E-state index contributed by atoms with van der Waals surface area (Å²) in [5.41, 5.74) is 1.87. The number of rotatable bonds is 6. The molecule has 3 heterocycles. The normalized spacial score (nSPS) is 15.3. The number of hydrogen-bond donors (Lipinski definition) is 2. The Balaban J connectivity index is 1.51. The number of nitrogens with zero attached hydrogens (tertiary/aromatic N) is 4. The molecular weight excluding hydrogens is 503 g/mol. The molecule has 2 aromatic heterocycles. The molecule has 1 fully saturated rings. The van der Waals surface area contributed by atoms with Crippen LogP contribution in [0.15, 0.2) is 60.8 Å². The van der Waals surface area contributed by atoms with Gasteiger partial charge in [-0.15, -0.1) is 0 Å². The molecule has 1 aliphatic rings. The van der Waals surface area contributed by atoms with Crippen LogP contribution in [0.3, 0.4) is 0 Å². The van der Waals surface area contributed by atoms with Crippen LogP contribution < -0.4 is 5.32 Å². The molecule has 0 atom stereocenters. The molecule has 0 radical (unpaired) electrons. The Morgan fingerprint density at radius 1 is 1.03 bits per heavy atom. The van der Waals surface area contributed by atoms with Crippen molar-refractivity contribution in [3.63, 3.8) is 0 Å². The molecule has 37 heavy (non-hydrogen) atoms. The number of likely N-dealkylation sites (tertiary alicyclic amines) is 1. The SMILES string of the molecule is OCC1CCN(Cc2nc(Nc3ccc(C(F)(F)F)cc3)c3ccc(-c4ncccc4Cl)cc3n2)CC1. The first-order chi connectivity index (χ1) is 17.8. The number of hydrogen-bond acceptors (Lipinski definition) is 6. The number of halogens is 4. The fraction of sp³-hybridized carbons (Fsp3) is 0.296. The number of anilines is 2. The molecule has 4 aromatic rings. The van der Waals surface area contributed by atoms with Crippen LogP contribution in [0, 0.1) is 5.92 Å². The number of fused-ring (bicyclic) bond motifs is 1. The van der Waals surface area contributed by atoms with Crippen molar-refractivity contribution in [2.45, 2.75) is 25.6 Å². The fourth-order valence-electron chi connectivity index (χ4n) is 4.50. The number of aliphatic hydroxyl groups excluding tert-OH is 1. The van der Waals surface area contributed by atoms with Gasteiger partial charge in [-0.05, 0) is 80.4 Å². The quantitative estimate of drug-likeness (QED) is 0.306. The average Bonchev–Trinajstić information content (AvgIpc) is 2.89. The van der Waals surface area contributed by atoms with E-state index in [1.807, 2.05) is 18.2 Å². The Labute approximate surface area is 217 Å². The molecule has 1 saturated heterocycles. The molecule has 192 valence electrons. The van der Waals surface area contributed by atoms with Gasteiger partial charge in [0.05, 0.1) is 28.3 Å². The van der Waals surface area contributed by atoms with Crippen molar-refractivity contribution >= 4 is 34.0 Å². The third kappa shape index (κ3) is 5.84. The molecule has 0 amide bonds. The van der Waals surface area contributed by atoms with Gasteiger partial charge in [0.1, 0.15) is 11.6 Å². The smallest absolute Gasteiger partial charge is 0.396 e. The van der Waals surface area contributed by atoms with E-state index in [2.05, 4.69) is 15.2 Å². The molecule has 0 saturated carbocycles. The summed E-state index contributed by atoms with van der Waals surface area (Å²) in [6.45, 7) is 2.38. The van der Waals surface area contributed by atoms with Gasteiger partial charge < -0.3 is 10.4 Å². The van der Waals surface area contributed by atoms with E-state index < -0.39 is 11.7 Å². The Bertz CT molecular complexity index is 1390. The summed E-state index contributed by atoms with van der Waals surface area (Å²) in [6.07, 6.45) is -0.920. The minimum atomic E-state index is -4.40. The topological polar surface area (TPSA) is 74.2 Å². The lowest BCUT2D eigenvalue weighted by atomic mass is 9.98. The second kappa shape index (κ2) is 10.6. The van der Waals surface area contributed by atoms with Crippen LogP contribution in [0.25, 0.3) is 22.2 Å². The third-order valence-corrected chi connectivity index (χ3v) is 6.89. The monoisotopic (exact) mass is 527 g/mol. The van der Waals surface area contributed by atoms with Crippen molar-refractivity contribution in [3.8, 4) is 11.3 Å². The predicted molar refractivity (Wildman–Crippen MR) is 138 cm³/mol. The third-order valence-electron chi connectivity index (χ3n) is 6.58. The van der Waals surface area contributed by atoms with Crippen molar-refractivity contribution < 1.29 is 18.3 Å². The maximum Gasteiger partial charge on any atom is 0.416 e. The van der Waals surface area contributed by atoms with Gasteiger partial charge in [-0.1, -0.05) is 17.7 Å². The van der Waals surface area contributed by atoms with Gasteiger partial charge >= 0.3 is 6.18 Å². The molecule has 5 rings (SSSR count). The summed E-state index contributed by atoms with van der Waals surface area (Å²) in [5.74, 6) is 1.41. The summed E-state index contributed by atoms with van der Waals surface area (Å²) in [7, 11) is 0. The first-order valence-electron chi connectivity index (χ1n) is 12.0. The van der Waals surface area contributed by atoms with Crippen LogP contribution in [0.2, 0.25) is 5.02 Å². The average molecular weight is 528 g/mol. The molecule has 0 spiro atoms. The minimum Gasteiger partial charge on any atom is -0.396 e. The van der Waals surface area contributed by atoms with Gasteiger partial charge in [0.25, 0.3) is 0 Å². The largest absolute Gasteiger partial charge is 0.416 e. The Kier molecular flexibility index (Phi) is 7.28. The van der Waals surface area contributed by atoms with Crippen LogP contribution in [0.1, 0.15) is 24.2 Å². The van der Waals surface area contributed by atoms with E-state index in [1.165, 1.54) is 12.1 Å². The molecule has 0 unspecified atom stereocenters. The molecular formula is C27H25ClF3N5O. The maximum absolute atomic E-state index is 13.0. The summed E-state index contributed by atoms with van der Waals surface area (Å²) >= 11 is 6.37. The number of aliphatic hydroxyl groups is 1. The highest BCUT2D eigenvalue weighted by atomic mass is 35.5. The summed E-state index contributed by atoms with van der Waals surface area (Å²) < 4.78 is 39.0. The van der Waals surface area contributed by atoms with Crippen LogP contribution in [0.4, 0.5) is 24.7 Å². The zero-order valence-electron chi connectivity index (χ0n) is 19.8. The molecule has 0 aliphatic carbocycles. The molecule has 1 aliphatic heterocycles. The molecule has 2 aromatic carbocycles. The highest BCUT2D eigenvalue weighted by Crippen LogP contribution is 2.33. The Hall–Kier alpha value is -3.27. The number of benzene rings is 2. The van der Waals surface area contributed by atoms with Gasteiger partial charge in [-0.2, -0.15) is 13.2 Å². The second-order valence-corrected chi connectivity index (χ2v) is 9.56.